The number of aryl methyl sites for hydroxylation is 4. The van der Waals surface area contributed by atoms with Gasteiger partial charge in [-0.15, -0.1) is 0 Å². The molecule has 1 saturated heterocycles. The van der Waals surface area contributed by atoms with Crippen molar-refractivity contribution in [1.29, 1.82) is 0 Å². The van der Waals surface area contributed by atoms with E-state index in [2.05, 4.69) is 10.1 Å². The Morgan fingerprint density at radius 2 is 1.84 bits per heavy atom. The van der Waals surface area contributed by atoms with Crippen LogP contribution in [0.5, 0.6) is 0 Å². The molecule has 31 heavy (non-hydrogen) atoms. The van der Waals surface area contributed by atoms with Crippen LogP contribution in [0.4, 0.5) is 4.39 Å². The third-order valence-corrected chi connectivity index (χ3v) is 5.82. The van der Waals surface area contributed by atoms with E-state index in [4.69, 9.17) is 4.98 Å². The van der Waals surface area contributed by atoms with Crippen LogP contribution in [0.25, 0.3) is 11.1 Å². The highest BCUT2D eigenvalue weighted by molar-refractivity contribution is 5.77. The first-order chi connectivity index (χ1) is 14.9. The molecule has 1 amide bonds. The van der Waals surface area contributed by atoms with Crippen molar-refractivity contribution in [2.24, 2.45) is 0 Å². The molecule has 0 spiro atoms. The van der Waals surface area contributed by atoms with E-state index in [1.54, 1.807) is 16.8 Å². The lowest BCUT2D eigenvalue weighted by Gasteiger charge is -2.36. The zero-order chi connectivity index (χ0) is 22.0. The van der Waals surface area contributed by atoms with E-state index in [-0.39, 0.29) is 17.8 Å². The van der Waals surface area contributed by atoms with Gasteiger partial charge in [0.05, 0.1) is 18.3 Å². The van der Waals surface area contributed by atoms with E-state index in [1.165, 1.54) is 12.1 Å². The fourth-order valence-corrected chi connectivity index (χ4v) is 4.33. The number of amides is 1. The maximum Gasteiger partial charge on any atom is 0.225 e. The van der Waals surface area contributed by atoms with E-state index in [9.17, 15) is 9.18 Å². The topological polar surface area (TPSA) is 63.9 Å². The molecule has 3 heterocycles. The van der Waals surface area contributed by atoms with Gasteiger partial charge in [0.1, 0.15) is 17.5 Å². The maximum atomic E-state index is 13.3. The maximum absolute atomic E-state index is 13.3. The van der Waals surface area contributed by atoms with Crippen LogP contribution in [0.3, 0.4) is 0 Å². The average Bonchev–Trinajstić information content (AvgIpc) is 3.09. The molecule has 1 aromatic carbocycles. The van der Waals surface area contributed by atoms with E-state index in [1.807, 2.05) is 37.8 Å². The van der Waals surface area contributed by atoms with Crippen molar-refractivity contribution in [3.05, 3.63) is 65.3 Å². The number of carbonyl (C=O) groups is 1. The van der Waals surface area contributed by atoms with E-state index in [0.717, 1.165) is 60.0 Å². The summed E-state index contributed by atoms with van der Waals surface area (Å²) in [7, 11) is 0. The Labute approximate surface area is 182 Å². The molecule has 4 rings (SSSR count). The van der Waals surface area contributed by atoms with Crippen LogP contribution in [0.15, 0.2) is 36.4 Å². The number of rotatable bonds is 5. The zero-order valence-corrected chi connectivity index (χ0v) is 18.3. The highest BCUT2D eigenvalue weighted by atomic mass is 19.1. The second kappa shape index (κ2) is 8.96. The number of carbonyl (C=O) groups excluding carboxylic acids is 1. The quantitative estimate of drug-likeness (QED) is 0.606. The summed E-state index contributed by atoms with van der Waals surface area (Å²) in [5.41, 5.74) is 3.73. The van der Waals surface area contributed by atoms with Gasteiger partial charge in [-0.25, -0.2) is 14.1 Å². The Morgan fingerprint density at radius 1 is 1.06 bits per heavy atom. The predicted octanol–water partition coefficient (Wildman–Crippen LogP) is 4.55. The summed E-state index contributed by atoms with van der Waals surface area (Å²) in [6, 6.07) is 10.5. The van der Waals surface area contributed by atoms with Crippen molar-refractivity contribution in [2.45, 2.75) is 59.0 Å². The van der Waals surface area contributed by atoms with Gasteiger partial charge in [0.25, 0.3) is 0 Å². The third kappa shape index (κ3) is 4.81. The van der Waals surface area contributed by atoms with Crippen LogP contribution in [0.2, 0.25) is 0 Å². The van der Waals surface area contributed by atoms with E-state index >= 15 is 0 Å². The van der Waals surface area contributed by atoms with Crippen LogP contribution in [0.1, 0.15) is 54.8 Å². The first-order valence-corrected chi connectivity index (χ1v) is 10.8. The highest BCUT2D eigenvalue weighted by Gasteiger charge is 2.29. The molecule has 7 heteroatoms. The first-order valence-electron chi connectivity index (χ1n) is 10.8. The number of likely N-dealkylation sites (tertiary alicyclic amines) is 1. The summed E-state index contributed by atoms with van der Waals surface area (Å²) < 4.78 is 15.1. The summed E-state index contributed by atoms with van der Waals surface area (Å²) in [4.78, 5) is 24.2. The smallest absolute Gasteiger partial charge is 0.225 e. The summed E-state index contributed by atoms with van der Waals surface area (Å²) in [5.74, 6) is 1.41. The number of aromatic nitrogens is 4. The van der Waals surface area contributed by atoms with Crippen molar-refractivity contribution in [1.82, 2.24) is 24.6 Å². The molecule has 0 radical (unpaired) electrons. The van der Waals surface area contributed by atoms with Gasteiger partial charge >= 0.3 is 0 Å². The Bertz CT molecular complexity index is 1080. The van der Waals surface area contributed by atoms with Crippen molar-refractivity contribution in [3.8, 4) is 11.1 Å². The molecule has 1 aliphatic rings. The van der Waals surface area contributed by atoms with Crippen molar-refractivity contribution in [3.63, 3.8) is 0 Å². The summed E-state index contributed by atoms with van der Waals surface area (Å²) in [6.45, 7) is 6.98. The number of hydrogen-bond donors (Lipinski definition) is 0. The van der Waals surface area contributed by atoms with Crippen molar-refractivity contribution in [2.75, 3.05) is 6.54 Å². The van der Waals surface area contributed by atoms with E-state index < -0.39 is 0 Å². The molecule has 6 nitrogen and oxygen atoms in total. The minimum atomic E-state index is -0.253. The van der Waals surface area contributed by atoms with Crippen molar-refractivity contribution < 1.29 is 9.18 Å². The van der Waals surface area contributed by atoms with Gasteiger partial charge in [0.2, 0.25) is 5.91 Å². The second-order valence-corrected chi connectivity index (χ2v) is 8.21. The molecule has 0 bridgehead atoms. The van der Waals surface area contributed by atoms with Gasteiger partial charge in [-0.1, -0.05) is 12.1 Å². The van der Waals surface area contributed by atoms with Gasteiger partial charge in [0.15, 0.2) is 0 Å². The molecular weight excluding hydrogens is 393 g/mol. The predicted molar refractivity (Wildman–Crippen MR) is 117 cm³/mol. The summed E-state index contributed by atoms with van der Waals surface area (Å²) in [6.07, 6.45) is 3.35. The number of piperidine rings is 1. The SMILES string of the molecule is Cc1cc(-c2ccc(F)cc2)cc(C2CCCCN2C(=O)CCn2nc(C)nc2C)n1. The minimum absolute atomic E-state index is 0.0427. The number of nitrogens with zero attached hydrogens (tertiary/aromatic N) is 5. The molecule has 1 atom stereocenters. The highest BCUT2D eigenvalue weighted by Crippen LogP contribution is 2.33. The standard InChI is InChI=1S/C24H28FN5O/c1-16-14-20(19-7-9-21(25)10-8-19)15-22(26-16)23-6-4-5-12-29(23)24(31)11-13-30-18(3)27-17(2)28-30/h7-10,14-15,23H,4-6,11-13H2,1-3H3. The molecule has 162 valence electrons. The number of benzene rings is 1. The summed E-state index contributed by atoms with van der Waals surface area (Å²) >= 11 is 0. The minimum Gasteiger partial charge on any atom is -0.334 e. The van der Waals surface area contributed by atoms with Gasteiger partial charge in [-0.3, -0.25) is 9.78 Å². The first kappa shape index (κ1) is 21.2. The number of pyridine rings is 1. The Hall–Kier alpha value is -3.09. The third-order valence-electron chi connectivity index (χ3n) is 5.82. The van der Waals surface area contributed by atoms with Gasteiger partial charge < -0.3 is 4.90 Å². The molecule has 0 aliphatic carbocycles. The van der Waals surface area contributed by atoms with Crippen LogP contribution in [0, 0.1) is 26.6 Å². The monoisotopic (exact) mass is 421 g/mol. The summed E-state index contributed by atoms with van der Waals surface area (Å²) in [5, 5.41) is 4.36. The molecule has 1 unspecified atom stereocenters. The van der Waals surface area contributed by atoms with Crippen LogP contribution < -0.4 is 0 Å². The second-order valence-electron chi connectivity index (χ2n) is 8.21. The van der Waals surface area contributed by atoms with Crippen molar-refractivity contribution >= 4 is 5.91 Å². The van der Waals surface area contributed by atoms with Crippen LogP contribution in [-0.4, -0.2) is 37.1 Å². The lowest BCUT2D eigenvalue weighted by Crippen LogP contribution is -2.39. The Morgan fingerprint density at radius 3 is 2.55 bits per heavy atom. The largest absolute Gasteiger partial charge is 0.334 e. The zero-order valence-electron chi connectivity index (χ0n) is 18.3. The Balaban J connectivity index is 1.56. The molecule has 1 aliphatic heterocycles. The lowest BCUT2D eigenvalue weighted by atomic mass is 9.95. The lowest BCUT2D eigenvalue weighted by molar-refractivity contribution is -0.135. The molecule has 0 saturated carbocycles. The normalized spacial score (nSPS) is 16.5. The molecule has 2 aromatic heterocycles. The van der Waals surface area contributed by atoms with E-state index in [0.29, 0.717) is 13.0 Å². The molecular formula is C24H28FN5O. The van der Waals surface area contributed by atoms with Gasteiger partial charge in [0, 0.05) is 18.7 Å². The fraction of sp³-hybridized carbons (Fsp3) is 0.417. The van der Waals surface area contributed by atoms with Crippen LogP contribution in [-0.2, 0) is 11.3 Å². The Kier molecular flexibility index (Phi) is 6.11. The van der Waals surface area contributed by atoms with Gasteiger partial charge in [-0.2, -0.15) is 5.10 Å². The van der Waals surface area contributed by atoms with Gasteiger partial charge in [-0.05, 0) is 75.4 Å². The van der Waals surface area contributed by atoms with Crippen LogP contribution >= 0.6 is 0 Å². The fourth-order valence-electron chi connectivity index (χ4n) is 4.33. The molecule has 1 fully saturated rings. The molecule has 3 aromatic rings. The number of halogens is 1. The molecule has 0 N–H and O–H groups in total. The average molecular weight is 422 g/mol. The number of hydrogen-bond acceptors (Lipinski definition) is 4.